The first kappa shape index (κ1) is 18.1. The first-order valence-corrected chi connectivity index (χ1v) is 8.98. The van der Waals surface area contributed by atoms with Crippen molar-refractivity contribution in [3.63, 3.8) is 0 Å². The standard InChI is InChI=1S/C14H15Cl2N5O3S/c1-23-14-19-10(18-13(20-14)21-2-4-24-5-3-21)7-17-12(22)8-6-9(15)25-11(8)16/h6H,2-5,7H2,1H3,(H,17,22). The minimum atomic E-state index is -0.347. The van der Waals surface area contributed by atoms with Crippen LogP contribution in [0, 0.1) is 0 Å². The molecule has 1 amide bonds. The molecule has 1 aliphatic rings. The van der Waals surface area contributed by atoms with Crippen LogP contribution in [-0.2, 0) is 11.3 Å². The summed E-state index contributed by atoms with van der Waals surface area (Å²) in [5.41, 5.74) is 0.325. The van der Waals surface area contributed by atoms with E-state index in [0.29, 0.717) is 52.3 Å². The van der Waals surface area contributed by atoms with Gasteiger partial charge in [0, 0.05) is 13.1 Å². The Bertz CT molecular complexity index is 767. The zero-order valence-electron chi connectivity index (χ0n) is 13.3. The number of methoxy groups -OCH3 is 1. The Balaban J connectivity index is 1.73. The van der Waals surface area contributed by atoms with E-state index in [4.69, 9.17) is 32.7 Å². The van der Waals surface area contributed by atoms with E-state index >= 15 is 0 Å². The number of thiophene rings is 1. The van der Waals surface area contributed by atoms with Crippen LogP contribution in [-0.4, -0.2) is 54.3 Å². The van der Waals surface area contributed by atoms with Crippen LogP contribution < -0.4 is 15.0 Å². The molecule has 0 radical (unpaired) electrons. The number of morpholine rings is 1. The van der Waals surface area contributed by atoms with Crippen molar-refractivity contribution in [1.82, 2.24) is 20.3 Å². The summed E-state index contributed by atoms with van der Waals surface area (Å²) in [5, 5.41) is 2.72. The van der Waals surface area contributed by atoms with Gasteiger partial charge in [0.15, 0.2) is 5.82 Å². The maximum absolute atomic E-state index is 12.2. The summed E-state index contributed by atoms with van der Waals surface area (Å²) in [6.07, 6.45) is 0. The van der Waals surface area contributed by atoms with Gasteiger partial charge in [-0.3, -0.25) is 4.79 Å². The summed E-state index contributed by atoms with van der Waals surface area (Å²) in [7, 11) is 1.48. The lowest BCUT2D eigenvalue weighted by atomic mass is 10.3. The fourth-order valence-corrected chi connectivity index (χ4v) is 3.67. The summed E-state index contributed by atoms with van der Waals surface area (Å²) in [6.45, 7) is 2.69. The summed E-state index contributed by atoms with van der Waals surface area (Å²) < 4.78 is 11.2. The van der Waals surface area contributed by atoms with Crippen LogP contribution >= 0.6 is 34.5 Å². The molecule has 1 saturated heterocycles. The van der Waals surface area contributed by atoms with E-state index in [1.807, 2.05) is 4.90 Å². The zero-order valence-corrected chi connectivity index (χ0v) is 15.6. The lowest BCUT2D eigenvalue weighted by molar-refractivity contribution is 0.0950. The van der Waals surface area contributed by atoms with E-state index in [1.54, 1.807) is 0 Å². The molecule has 1 N–H and O–H groups in total. The minimum absolute atomic E-state index is 0.110. The van der Waals surface area contributed by atoms with Crippen LogP contribution in [0.25, 0.3) is 0 Å². The van der Waals surface area contributed by atoms with Crippen LogP contribution in [0.15, 0.2) is 6.07 Å². The molecule has 0 spiro atoms. The molecule has 0 bridgehead atoms. The molecule has 1 fully saturated rings. The topological polar surface area (TPSA) is 89.5 Å². The molecule has 3 rings (SSSR count). The van der Waals surface area contributed by atoms with E-state index in [1.165, 1.54) is 13.2 Å². The SMILES string of the molecule is COc1nc(CNC(=O)c2cc(Cl)sc2Cl)nc(N2CCOCC2)n1. The van der Waals surface area contributed by atoms with Crippen LogP contribution in [0.1, 0.15) is 16.2 Å². The molecule has 1 aliphatic heterocycles. The second-order valence-electron chi connectivity index (χ2n) is 5.06. The third-order valence-electron chi connectivity index (χ3n) is 3.43. The number of hydrogen-bond acceptors (Lipinski definition) is 8. The average molecular weight is 404 g/mol. The molecule has 11 heteroatoms. The van der Waals surface area contributed by atoms with Crippen LogP contribution in [0.5, 0.6) is 6.01 Å². The Kier molecular flexibility index (Phi) is 5.89. The summed E-state index contributed by atoms with van der Waals surface area (Å²) in [4.78, 5) is 27.0. The number of ether oxygens (including phenoxy) is 2. The Labute approximate surface area is 158 Å². The maximum atomic E-state index is 12.2. The highest BCUT2D eigenvalue weighted by atomic mass is 35.5. The monoisotopic (exact) mass is 403 g/mol. The van der Waals surface area contributed by atoms with Gasteiger partial charge in [0.2, 0.25) is 5.95 Å². The van der Waals surface area contributed by atoms with Crippen molar-refractivity contribution in [3.8, 4) is 6.01 Å². The quantitative estimate of drug-likeness (QED) is 0.816. The zero-order chi connectivity index (χ0) is 17.8. The molecule has 8 nitrogen and oxygen atoms in total. The van der Waals surface area contributed by atoms with Crippen LogP contribution in [0.2, 0.25) is 8.67 Å². The van der Waals surface area contributed by atoms with E-state index in [-0.39, 0.29) is 18.5 Å². The fourth-order valence-electron chi connectivity index (χ4n) is 2.21. The molecule has 0 unspecified atom stereocenters. The van der Waals surface area contributed by atoms with Crippen molar-refractivity contribution < 1.29 is 14.3 Å². The number of halogens is 2. The molecular formula is C14H15Cl2N5O3S. The third kappa shape index (κ3) is 4.49. The minimum Gasteiger partial charge on any atom is -0.467 e. The molecule has 0 atom stereocenters. The first-order valence-electron chi connectivity index (χ1n) is 7.41. The van der Waals surface area contributed by atoms with Gasteiger partial charge in [0.05, 0.1) is 36.8 Å². The molecule has 0 aliphatic carbocycles. The second-order valence-corrected chi connectivity index (χ2v) is 7.34. The van der Waals surface area contributed by atoms with Crippen molar-refractivity contribution in [1.29, 1.82) is 0 Å². The average Bonchev–Trinajstić information content (AvgIpc) is 2.98. The number of nitrogens with one attached hydrogen (secondary N) is 1. The van der Waals surface area contributed by atoms with Crippen LogP contribution in [0.4, 0.5) is 5.95 Å². The third-order valence-corrected chi connectivity index (χ3v) is 4.92. The van der Waals surface area contributed by atoms with Gasteiger partial charge in [0.1, 0.15) is 4.34 Å². The van der Waals surface area contributed by atoms with Crippen molar-refractivity contribution in [3.05, 3.63) is 26.1 Å². The molecule has 134 valence electrons. The first-order chi connectivity index (χ1) is 12.1. The van der Waals surface area contributed by atoms with Gasteiger partial charge in [-0.25, -0.2) is 0 Å². The largest absolute Gasteiger partial charge is 0.467 e. The lowest BCUT2D eigenvalue weighted by Crippen LogP contribution is -2.37. The van der Waals surface area contributed by atoms with E-state index in [0.717, 1.165) is 11.3 Å². The molecule has 2 aromatic rings. The highest BCUT2D eigenvalue weighted by molar-refractivity contribution is 7.20. The van der Waals surface area contributed by atoms with Crippen molar-refractivity contribution in [2.45, 2.75) is 6.54 Å². The van der Waals surface area contributed by atoms with Crippen molar-refractivity contribution in [2.75, 3.05) is 38.3 Å². The molecule has 0 saturated carbocycles. The lowest BCUT2D eigenvalue weighted by Gasteiger charge is -2.26. The Morgan fingerprint density at radius 1 is 1.36 bits per heavy atom. The Morgan fingerprint density at radius 2 is 2.12 bits per heavy atom. The molecule has 3 heterocycles. The number of carbonyl (C=O) groups excluding carboxylic acids is 1. The van der Waals surface area contributed by atoms with Gasteiger partial charge in [-0.05, 0) is 6.07 Å². The molecule has 0 aromatic carbocycles. The fraction of sp³-hybridized carbons (Fsp3) is 0.429. The summed E-state index contributed by atoms with van der Waals surface area (Å²) in [5.74, 6) is 0.538. The molecular weight excluding hydrogens is 389 g/mol. The number of rotatable bonds is 5. The molecule has 2 aromatic heterocycles. The number of amides is 1. The highest BCUT2D eigenvalue weighted by Crippen LogP contribution is 2.31. The van der Waals surface area contributed by atoms with E-state index < -0.39 is 0 Å². The number of aromatic nitrogens is 3. The molecule has 25 heavy (non-hydrogen) atoms. The predicted octanol–water partition coefficient (Wildman–Crippen LogP) is 2.02. The predicted molar refractivity (Wildman–Crippen MR) is 94.9 cm³/mol. The van der Waals surface area contributed by atoms with Crippen LogP contribution in [0.3, 0.4) is 0 Å². The highest BCUT2D eigenvalue weighted by Gasteiger charge is 2.18. The number of nitrogens with zero attached hydrogens (tertiary/aromatic N) is 4. The van der Waals surface area contributed by atoms with Gasteiger partial charge >= 0.3 is 6.01 Å². The van der Waals surface area contributed by atoms with E-state index in [2.05, 4.69) is 20.3 Å². The number of hydrogen-bond donors (Lipinski definition) is 1. The summed E-state index contributed by atoms with van der Waals surface area (Å²) >= 11 is 13.0. The van der Waals surface area contributed by atoms with Gasteiger partial charge in [-0.15, -0.1) is 11.3 Å². The van der Waals surface area contributed by atoms with Crippen molar-refractivity contribution >= 4 is 46.4 Å². The van der Waals surface area contributed by atoms with Gasteiger partial charge in [-0.2, -0.15) is 15.0 Å². The summed E-state index contributed by atoms with van der Waals surface area (Å²) in [6, 6.07) is 1.72. The van der Waals surface area contributed by atoms with Crippen molar-refractivity contribution in [2.24, 2.45) is 0 Å². The number of anilines is 1. The Morgan fingerprint density at radius 3 is 2.76 bits per heavy atom. The normalized spacial score (nSPS) is 14.4. The number of carbonyl (C=O) groups is 1. The second kappa shape index (κ2) is 8.13. The maximum Gasteiger partial charge on any atom is 0.321 e. The van der Waals surface area contributed by atoms with Gasteiger partial charge in [0.25, 0.3) is 5.91 Å². The Hall–Kier alpha value is -1.68. The van der Waals surface area contributed by atoms with Gasteiger partial charge in [-0.1, -0.05) is 23.2 Å². The van der Waals surface area contributed by atoms with Gasteiger partial charge < -0.3 is 19.7 Å². The van der Waals surface area contributed by atoms with E-state index in [9.17, 15) is 4.79 Å². The smallest absolute Gasteiger partial charge is 0.321 e.